The number of aryl methyl sites for hydroxylation is 1. The molecule has 2 fully saturated rings. The summed E-state index contributed by atoms with van der Waals surface area (Å²) in [6, 6.07) is 19.0. The fourth-order valence-corrected chi connectivity index (χ4v) is 6.61. The number of nitrogens with zero attached hydrogens (tertiary/aromatic N) is 3. The van der Waals surface area contributed by atoms with E-state index in [9.17, 15) is 9.90 Å². The third-order valence-electron chi connectivity index (χ3n) is 9.21. The second kappa shape index (κ2) is 13.1. The van der Waals surface area contributed by atoms with Crippen molar-refractivity contribution >= 4 is 17.3 Å². The van der Waals surface area contributed by atoms with Crippen LogP contribution in [0.1, 0.15) is 68.4 Å². The third kappa shape index (κ3) is 6.92. The Hall–Kier alpha value is -3.38. The molecule has 0 bridgehead atoms. The lowest BCUT2D eigenvalue weighted by Gasteiger charge is -2.36. The maximum Gasteiger partial charge on any atom is 0.230 e. The topological polar surface area (TPSA) is 65.9 Å². The molecule has 0 saturated heterocycles. The highest BCUT2D eigenvalue weighted by molar-refractivity contribution is 5.95. The molecular formula is C35H45N3O3. The summed E-state index contributed by atoms with van der Waals surface area (Å²) in [4.78, 5) is 22.8. The van der Waals surface area contributed by atoms with Gasteiger partial charge in [-0.15, -0.1) is 0 Å². The number of methoxy groups -OCH3 is 1. The van der Waals surface area contributed by atoms with Crippen molar-refractivity contribution in [1.82, 2.24) is 4.98 Å². The molecule has 0 atom stereocenters. The summed E-state index contributed by atoms with van der Waals surface area (Å²) >= 11 is 0. The van der Waals surface area contributed by atoms with E-state index in [4.69, 9.17) is 9.72 Å². The predicted molar refractivity (Wildman–Crippen MR) is 167 cm³/mol. The van der Waals surface area contributed by atoms with Crippen LogP contribution < -0.4 is 14.5 Å². The standard InChI is InChI=1S/C35H45N3O3/c1-24-20-28(14-19-34(24)41-4)26-10-8-25(9-11-26)23-38(35(40)27-12-16-32(39)17-13-27)30-7-5-6-29(21-30)33-18-15-31(22-36-33)37(2)3/h5-7,14-15,18-22,25-27,32,39H,8-13,16-17,23H2,1-4H3/t25-,26-,27-,32-. The van der Waals surface area contributed by atoms with Crippen LogP contribution in [-0.2, 0) is 4.79 Å². The van der Waals surface area contributed by atoms with Gasteiger partial charge < -0.3 is 19.6 Å². The van der Waals surface area contributed by atoms with Gasteiger partial charge in [0.25, 0.3) is 0 Å². The number of carbonyl (C=O) groups excluding carboxylic acids is 1. The smallest absolute Gasteiger partial charge is 0.230 e. The first kappa shape index (κ1) is 29.1. The van der Waals surface area contributed by atoms with Crippen molar-refractivity contribution in [3.05, 3.63) is 71.9 Å². The molecule has 2 aliphatic rings. The Balaban J connectivity index is 1.34. The molecule has 5 rings (SSSR count). The number of amides is 1. The highest BCUT2D eigenvalue weighted by atomic mass is 16.5. The average molecular weight is 556 g/mol. The Morgan fingerprint density at radius 1 is 0.927 bits per heavy atom. The lowest BCUT2D eigenvalue weighted by Crippen LogP contribution is -2.41. The number of hydrogen-bond donors (Lipinski definition) is 1. The number of hydrogen-bond acceptors (Lipinski definition) is 5. The minimum absolute atomic E-state index is 0.0295. The van der Waals surface area contributed by atoms with Crippen LogP contribution in [0.2, 0.25) is 0 Å². The normalized spacial score (nSPS) is 22.7. The second-order valence-electron chi connectivity index (χ2n) is 12.2. The van der Waals surface area contributed by atoms with Gasteiger partial charge in [-0.1, -0.05) is 24.3 Å². The summed E-state index contributed by atoms with van der Waals surface area (Å²) < 4.78 is 5.46. The zero-order chi connectivity index (χ0) is 28.9. The molecule has 6 nitrogen and oxygen atoms in total. The van der Waals surface area contributed by atoms with E-state index in [1.54, 1.807) is 7.11 Å². The first-order valence-electron chi connectivity index (χ1n) is 15.2. The van der Waals surface area contributed by atoms with Crippen molar-refractivity contribution < 1.29 is 14.6 Å². The molecule has 6 heteroatoms. The Kier molecular flexibility index (Phi) is 9.29. The van der Waals surface area contributed by atoms with Gasteiger partial charge in [0.05, 0.1) is 30.8 Å². The van der Waals surface area contributed by atoms with Crippen molar-refractivity contribution in [1.29, 1.82) is 0 Å². The number of benzene rings is 2. The van der Waals surface area contributed by atoms with Gasteiger partial charge in [-0.3, -0.25) is 9.78 Å². The summed E-state index contributed by atoms with van der Waals surface area (Å²) in [7, 11) is 5.75. The maximum atomic E-state index is 14.0. The monoisotopic (exact) mass is 555 g/mol. The maximum absolute atomic E-state index is 14.0. The number of aromatic nitrogens is 1. The average Bonchev–Trinajstić information content (AvgIpc) is 3.00. The van der Waals surface area contributed by atoms with Crippen LogP contribution in [0.3, 0.4) is 0 Å². The molecule has 2 aliphatic carbocycles. The predicted octanol–water partition coefficient (Wildman–Crippen LogP) is 6.99. The van der Waals surface area contributed by atoms with Gasteiger partial charge in [0.15, 0.2) is 0 Å². The Morgan fingerprint density at radius 3 is 2.32 bits per heavy atom. The molecule has 0 radical (unpaired) electrons. The fraction of sp³-hybridized carbons (Fsp3) is 0.486. The van der Waals surface area contributed by atoms with Crippen LogP contribution in [0.25, 0.3) is 11.3 Å². The molecule has 1 aromatic heterocycles. The molecule has 0 aliphatic heterocycles. The summed E-state index contributed by atoms with van der Waals surface area (Å²) in [5.41, 5.74) is 6.51. The Morgan fingerprint density at radius 2 is 1.68 bits per heavy atom. The minimum Gasteiger partial charge on any atom is -0.496 e. The fourth-order valence-electron chi connectivity index (χ4n) is 6.61. The number of aliphatic hydroxyl groups excluding tert-OH is 1. The largest absolute Gasteiger partial charge is 0.496 e. The van der Waals surface area contributed by atoms with Gasteiger partial charge in [0.1, 0.15) is 5.75 Å². The van der Waals surface area contributed by atoms with Crippen LogP contribution in [0.4, 0.5) is 11.4 Å². The molecule has 0 unspecified atom stereocenters. The van der Waals surface area contributed by atoms with E-state index in [2.05, 4.69) is 54.3 Å². The number of pyridine rings is 1. The van der Waals surface area contributed by atoms with Crippen LogP contribution in [0.5, 0.6) is 5.75 Å². The molecule has 41 heavy (non-hydrogen) atoms. The van der Waals surface area contributed by atoms with Gasteiger partial charge >= 0.3 is 0 Å². The third-order valence-corrected chi connectivity index (χ3v) is 9.21. The molecule has 218 valence electrons. The highest BCUT2D eigenvalue weighted by Gasteiger charge is 2.32. The van der Waals surface area contributed by atoms with Crippen molar-refractivity contribution in [3.63, 3.8) is 0 Å². The van der Waals surface area contributed by atoms with E-state index in [1.165, 1.54) is 11.1 Å². The van der Waals surface area contributed by atoms with E-state index < -0.39 is 0 Å². The van der Waals surface area contributed by atoms with Gasteiger partial charge in [-0.05, 0) is 112 Å². The van der Waals surface area contributed by atoms with Crippen LogP contribution in [0.15, 0.2) is 60.8 Å². The van der Waals surface area contributed by atoms with E-state index in [0.717, 1.165) is 73.5 Å². The summed E-state index contributed by atoms with van der Waals surface area (Å²) in [6.07, 6.45) is 9.03. The van der Waals surface area contributed by atoms with Crippen molar-refractivity contribution in [2.24, 2.45) is 11.8 Å². The summed E-state index contributed by atoms with van der Waals surface area (Å²) in [5, 5.41) is 10.1. The lowest BCUT2D eigenvalue weighted by atomic mass is 9.78. The zero-order valence-electron chi connectivity index (χ0n) is 25.1. The van der Waals surface area contributed by atoms with Crippen molar-refractivity contribution in [2.45, 2.75) is 70.3 Å². The molecule has 3 aromatic rings. The van der Waals surface area contributed by atoms with E-state index in [1.807, 2.05) is 37.3 Å². The van der Waals surface area contributed by atoms with Gasteiger partial charge in [0.2, 0.25) is 5.91 Å². The molecule has 1 amide bonds. The molecule has 2 saturated carbocycles. The number of carbonyl (C=O) groups is 1. The van der Waals surface area contributed by atoms with Gasteiger partial charge in [-0.2, -0.15) is 0 Å². The molecular weight excluding hydrogens is 510 g/mol. The number of rotatable bonds is 8. The Bertz CT molecular complexity index is 1310. The Labute approximate surface area is 245 Å². The van der Waals surface area contributed by atoms with Crippen LogP contribution in [-0.4, -0.2) is 49.9 Å². The summed E-state index contributed by atoms with van der Waals surface area (Å²) in [6.45, 7) is 2.85. The molecule has 2 aromatic carbocycles. The highest BCUT2D eigenvalue weighted by Crippen LogP contribution is 2.39. The molecule has 1 heterocycles. The number of ether oxygens (including phenoxy) is 1. The minimum atomic E-state index is -0.274. The van der Waals surface area contributed by atoms with E-state index in [-0.39, 0.29) is 17.9 Å². The van der Waals surface area contributed by atoms with Crippen LogP contribution >= 0.6 is 0 Å². The van der Waals surface area contributed by atoms with E-state index in [0.29, 0.717) is 24.7 Å². The number of aliphatic hydroxyl groups is 1. The SMILES string of the molecule is COc1ccc([C@H]2CC[C@H](CN(c3cccc(-c4ccc(N(C)C)cn4)c3)C(=O)[C@H]3CC[C@H](O)CC3)CC2)cc1C. The quantitative estimate of drug-likeness (QED) is 0.325. The van der Waals surface area contributed by atoms with E-state index >= 15 is 0 Å². The molecule has 0 spiro atoms. The first-order chi connectivity index (χ1) is 19.8. The van der Waals surface area contributed by atoms with Crippen LogP contribution in [0, 0.1) is 18.8 Å². The zero-order valence-corrected chi connectivity index (χ0v) is 25.1. The second-order valence-corrected chi connectivity index (χ2v) is 12.2. The van der Waals surface area contributed by atoms with Gasteiger partial charge in [0, 0.05) is 37.8 Å². The van der Waals surface area contributed by atoms with Gasteiger partial charge in [-0.25, -0.2) is 0 Å². The van der Waals surface area contributed by atoms with Crippen molar-refractivity contribution in [2.75, 3.05) is 37.5 Å². The molecule has 1 N–H and O–H groups in total. The summed E-state index contributed by atoms with van der Waals surface area (Å²) in [5.74, 6) is 2.14. The lowest BCUT2D eigenvalue weighted by molar-refractivity contribution is -0.124. The first-order valence-corrected chi connectivity index (χ1v) is 15.2. The van der Waals surface area contributed by atoms with Crippen molar-refractivity contribution in [3.8, 4) is 17.0 Å². The number of anilines is 2.